The van der Waals surface area contributed by atoms with Crippen LogP contribution in [-0.4, -0.2) is 11.5 Å². The van der Waals surface area contributed by atoms with Crippen molar-refractivity contribution in [1.29, 1.82) is 0 Å². The van der Waals surface area contributed by atoms with Gasteiger partial charge in [-0.1, -0.05) is 19.3 Å². The van der Waals surface area contributed by atoms with Crippen LogP contribution in [-0.2, 0) is 6.54 Å². The predicted molar refractivity (Wildman–Crippen MR) is 57.9 cm³/mol. The van der Waals surface area contributed by atoms with Gasteiger partial charge in [0.1, 0.15) is 5.82 Å². The molecule has 0 bridgehead atoms. The zero-order chi connectivity index (χ0) is 10.5. The maximum absolute atomic E-state index is 12.8. The first kappa shape index (κ1) is 10.6. The van der Waals surface area contributed by atoms with Gasteiger partial charge in [-0.2, -0.15) is 0 Å². The Morgan fingerprint density at radius 1 is 1.40 bits per heavy atom. The summed E-state index contributed by atoms with van der Waals surface area (Å²) in [5.74, 6) is 0.677. The van der Waals surface area contributed by atoms with Crippen LogP contribution in [0.5, 0.6) is 0 Å². The molecule has 2 nitrogen and oxygen atoms in total. The van der Waals surface area contributed by atoms with E-state index in [2.05, 4.69) is 10.3 Å². The quantitative estimate of drug-likeness (QED) is 0.752. The molecule has 1 aliphatic rings. The molecule has 1 heterocycles. The lowest BCUT2D eigenvalue weighted by Crippen LogP contribution is -2.21. The molecule has 15 heavy (non-hydrogen) atoms. The lowest BCUT2D eigenvalue weighted by Gasteiger charge is -2.25. The van der Waals surface area contributed by atoms with Crippen LogP contribution < -0.4 is 5.32 Å². The van der Waals surface area contributed by atoms with Crippen molar-refractivity contribution < 1.29 is 4.39 Å². The largest absolute Gasteiger partial charge is 0.313 e. The summed E-state index contributed by atoms with van der Waals surface area (Å²) in [6.45, 7) is 1.75. The highest BCUT2D eigenvalue weighted by molar-refractivity contribution is 5.09. The van der Waals surface area contributed by atoms with Crippen molar-refractivity contribution in [2.24, 2.45) is 5.92 Å². The fourth-order valence-electron chi connectivity index (χ4n) is 1.87. The van der Waals surface area contributed by atoms with Gasteiger partial charge in [0.2, 0.25) is 0 Å². The third-order valence-electron chi connectivity index (χ3n) is 3.04. The lowest BCUT2D eigenvalue weighted by molar-refractivity contribution is 0.292. The summed E-state index contributed by atoms with van der Waals surface area (Å²) in [5, 5.41) is 3.32. The van der Waals surface area contributed by atoms with Gasteiger partial charge in [0.15, 0.2) is 0 Å². The van der Waals surface area contributed by atoms with Gasteiger partial charge in [-0.3, -0.25) is 4.98 Å². The van der Waals surface area contributed by atoms with E-state index in [4.69, 9.17) is 0 Å². The molecule has 0 spiro atoms. The summed E-state index contributed by atoms with van der Waals surface area (Å²) in [4.78, 5) is 3.81. The molecule has 1 aliphatic carbocycles. The van der Waals surface area contributed by atoms with Crippen LogP contribution in [0, 0.1) is 11.7 Å². The zero-order valence-corrected chi connectivity index (χ0v) is 8.88. The van der Waals surface area contributed by atoms with Crippen molar-refractivity contribution in [1.82, 2.24) is 10.3 Å². The molecule has 0 atom stereocenters. The second-order valence-electron chi connectivity index (χ2n) is 4.27. The van der Waals surface area contributed by atoms with Crippen LogP contribution >= 0.6 is 0 Å². The number of hydrogen-bond acceptors (Lipinski definition) is 2. The highest BCUT2D eigenvalue weighted by Gasteiger charge is 2.15. The molecule has 0 radical (unpaired) electrons. The summed E-state index contributed by atoms with van der Waals surface area (Å²) >= 11 is 0. The van der Waals surface area contributed by atoms with Crippen LogP contribution in [0.3, 0.4) is 0 Å². The van der Waals surface area contributed by atoms with Gasteiger partial charge >= 0.3 is 0 Å². The number of nitrogens with one attached hydrogen (secondary N) is 1. The molecular formula is C12H17FN2. The summed E-state index contributed by atoms with van der Waals surface area (Å²) in [5.41, 5.74) is 0.920. The van der Waals surface area contributed by atoms with E-state index in [1.54, 1.807) is 6.20 Å². The molecule has 0 amide bonds. The molecule has 0 unspecified atom stereocenters. The van der Waals surface area contributed by atoms with Crippen LogP contribution in [0.25, 0.3) is 0 Å². The van der Waals surface area contributed by atoms with Gasteiger partial charge in [0.05, 0.1) is 6.20 Å². The van der Waals surface area contributed by atoms with Crippen molar-refractivity contribution in [2.45, 2.75) is 32.2 Å². The number of aromatic nitrogens is 1. The summed E-state index contributed by atoms with van der Waals surface area (Å²) < 4.78 is 12.8. The van der Waals surface area contributed by atoms with E-state index in [1.165, 1.54) is 37.9 Å². The predicted octanol–water partition coefficient (Wildman–Crippen LogP) is 2.50. The Morgan fingerprint density at radius 3 is 2.93 bits per heavy atom. The van der Waals surface area contributed by atoms with Crippen molar-refractivity contribution in [3.8, 4) is 0 Å². The fourth-order valence-corrected chi connectivity index (χ4v) is 1.87. The lowest BCUT2D eigenvalue weighted by atomic mass is 9.83. The minimum absolute atomic E-state index is 0.256. The first-order valence-electron chi connectivity index (χ1n) is 5.65. The molecule has 1 fully saturated rings. The van der Waals surface area contributed by atoms with Gasteiger partial charge < -0.3 is 5.32 Å². The smallest absolute Gasteiger partial charge is 0.141 e. The SMILES string of the molecule is Fc1cncc(CNCCC2CCC2)c1. The molecule has 2 rings (SSSR count). The maximum Gasteiger partial charge on any atom is 0.141 e. The first-order chi connectivity index (χ1) is 7.34. The Morgan fingerprint density at radius 2 is 2.27 bits per heavy atom. The minimum atomic E-state index is -0.256. The van der Waals surface area contributed by atoms with E-state index in [0.29, 0.717) is 0 Å². The highest BCUT2D eigenvalue weighted by Crippen LogP contribution is 2.28. The topological polar surface area (TPSA) is 24.9 Å². The first-order valence-corrected chi connectivity index (χ1v) is 5.65. The fraction of sp³-hybridized carbons (Fsp3) is 0.583. The molecule has 0 saturated heterocycles. The van der Waals surface area contributed by atoms with E-state index in [1.807, 2.05) is 0 Å². The Hall–Kier alpha value is -0.960. The van der Waals surface area contributed by atoms with Crippen molar-refractivity contribution >= 4 is 0 Å². The average molecular weight is 208 g/mol. The van der Waals surface area contributed by atoms with Gasteiger partial charge in [-0.05, 0) is 30.5 Å². The molecule has 0 aromatic carbocycles. The second-order valence-corrected chi connectivity index (χ2v) is 4.27. The molecular weight excluding hydrogens is 191 g/mol. The standard InChI is InChI=1S/C12H17FN2/c13-12-6-11(8-15-9-12)7-14-5-4-10-2-1-3-10/h6,8-10,14H,1-5,7H2. The third kappa shape index (κ3) is 3.27. The van der Waals surface area contributed by atoms with Crippen LogP contribution in [0.15, 0.2) is 18.5 Å². The number of rotatable bonds is 5. The molecule has 1 saturated carbocycles. The van der Waals surface area contributed by atoms with E-state index in [-0.39, 0.29) is 5.82 Å². The Balaban J connectivity index is 1.64. The second kappa shape index (κ2) is 5.21. The minimum Gasteiger partial charge on any atom is -0.313 e. The monoisotopic (exact) mass is 208 g/mol. The van der Waals surface area contributed by atoms with Crippen LogP contribution in [0.4, 0.5) is 4.39 Å². The van der Waals surface area contributed by atoms with Crippen LogP contribution in [0.1, 0.15) is 31.2 Å². The van der Waals surface area contributed by atoms with Crippen molar-refractivity contribution in [2.75, 3.05) is 6.54 Å². The summed E-state index contributed by atoms with van der Waals surface area (Å²) in [7, 11) is 0. The van der Waals surface area contributed by atoms with Crippen molar-refractivity contribution in [3.05, 3.63) is 29.8 Å². The highest BCUT2D eigenvalue weighted by atomic mass is 19.1. The number of nitrogens with zero attached hydrogens (tertiary/aromatic N) is 1. The number of halogens is 1. The normalized spacial score (nSPS) is 16.3. The maximum atomic E-state index is 12.8. The van der Waals surface area contributed by atoms with Crippen molar-refractivity contribution in [3.63, 3.8) is 0 Å². The average Bonchev–Trinajstić information content (AvgIpc) is 2.15. The summed E-state index contributed by atoms with van der Waals surface area (Å²) in [6.07, 6.45) is 8.38. The number of hydrogen-bond donors (Lipinski definition) is 1. The Kier molecular flexibility index (Phi) is 3.67. The number of pyridine rings is 1. The molecule has 1 aromatic heterocycles. The molecule has 82 valence electrons. The van der Waals surface area contributed by atoms with Gasteiger partial charge in [-0.15, -0.1) is 0 Å². The van der Waals surface area contributed by atoms with Gasteiger partial charge in [-0.25, -0.2) is 4.39 Å². The molecule has 0 aliphatic heterocycles. The van der Waals surface area contributed by atoms with E-state index in [9.17, 15) is 4.39 Å². The molecule has 3 heteroatoms. The van der Waals surface area contributed by atoms with Gasteiger partial charge in [0, 0.05) is 12.7 Å². The molecule has 1 aromatic rings. The van der Waals surface area contributed by atoms with Gasteiger partial charge in [0.25, 0.3) is 0 Å². The Bertz CT molecular complexity index is 310. The van der Waals surface area contributed by atoms with Crippen LogP contribution in [0.2, 0.25) is 0 Å². The van der Waals surface area contributed by atoms with E-state index in [0.717, 1.165) is 24.6 Å². The summed E-state index contributed by atoms with van der Waals surface area (Å²) in [6, 6.07) is 1.53. The molecule has 1 N–H and O–H groups in total. The van der Waals surface area contributed by atoms with E-state index < -0.39 is 0 Å². The third-order valence-corrected chi connectivity index (χ3v) is 3.04. The zero-order valence-electron chi connectivity index (χ0n) is 8.88. The van der Waals surface area contributed by atoms with E-state index >= 15 is 0 Å². The Labute approximate surface area is 89.9 Å².